The Balaban J connectivity index is 1.89. The van der Waals surface area contributed by atoms with E-state index in [-0.39, 0.29) is 24.6 Å². The summed E-state index contributed by atoms with van der Waals surface area (Å²) in [5, 5.41) is 2.73. The van der Waals surface area contributed by atoms with Crippen molar-refractivity contribution in [2.45, 2.75) is 12.5 Å². The summed E-state index contributed by atoms with van der Waals surface area (Å²) >= 11 is 0. The second kappa shape index (κ2) is 7.51. The van der Waals surface area contributed by atoms with E-state index in [4.69, 9.17) is 0 Å². The molecule has 2 amide bonds. The number of nitrogens with one attached hydrogen (secondary N) is 1. The fraction of sp³-hybridized carbons (Fsp3) is 0.263. The molecule has 1 saturated heterocycles. The summed E-state index contributed by atoms with van der Waals surface area (Å²) in [6.07, 6.45) is 0.319. The van der Waals surface area contributed by atoms with Gasteiger partial charge in [-0.05, 0) is 17.7 Å². The third kappa shape index (κ3) is 3.51. The molecular weight excluding hydrogens is 342 g/mol. The number of rotatable bonds is 4. The maximum absolute atomic E-state index is 13.9. The number of ether oxygens (including phenoxy) is 1. The van der Waals surface area contributed by atoms with Crippen molar-refractivity contribution in [1.29, 1.82) is 0 Å². The third-order valence-electron chi connectivity index (χ3n) is 4.31. The van der Waals surface area contributed by atoms with Crippen molar-refractivity contribution in [1.82, 2.24) is 10.2 Å². The van der Waals surface area contributed by atoms with Gasteiger partial charge in [0, 0.05) is 25.1 Å². The van der Waals surface area contributed by atoms with Gasteiger partial charge in [-0.15, -0.1) is 0 Å². The Morgan fingerprint density at radius 3 is 2.50 bits per heavy atom. The van der Waals surface area contributed by atoms with Gasteiger partial charge in [-0.25, -0.2) is 8.78 Å². The maximum Gasteiger partial charge on any atom is 0.254 e. The van der Waals surface area contributed by atoms with Gasteiger partial charge in [0.05, 0.1) is 7.11 Å². The van der Waals surface area contributed by atoms with Crippen LogP contribution in [-0.2, 0) is 11.2 Å². The van der Waals surface area contributed by atoms with Crippen LogP contribution in [0.25, 0.3) is 0 Å². The Labute approximate surface area is 149 Å². The number of piperazine rings is 1. The highest BCUT2D eigenvalue weighted by atomic mass is 19.1. The van der Waals surface area contributed by atoms with E-state index in [1.807, 2.05) is 30.3 Å². The maximum atomic E-state index is 13.9. The number of carbonyl (C=O) groups excluding carboxylic acids is 2. The lowest BCUT2D eigenvalue weighted by molar-refractivity contribution is -0.127. The largest absolute Gasteiger partial charge is 0.491 e. The molecule has 5 nitrogen and oxygen atoms in total. The van der Waals surface area contributed by atoms with Crippen molar-refractivity contribution < 1.29 is 23.1 Å². The molecule has 1 fully saturated rings. The lowest BCUT2D eigenvalue weighted by Gasteiger charge is -2.35. The van der Waals surface area contributed by atoms with Crippen molar-refractivity contribution in [3.8, 4) is 5.75 Å². The van der Waals surface area contributed by atoms with Crippen molar-refractivity contribution in [3.05, 3.63) is 65.2 Å². The normalized spacial score (nSPS) is 17.0. The molecule has 26 heavy (non-hydrogen) atoms. The minimum absolute atomic E-state index is 0.159. The number of hydrogen-bond donors (Lipinski definition) is 1. The van der Waals surface area contributed by atoms with Gasteiger partial charge in [0.2, 0.25) is 5.91 Å². The minimum Gasteiger partial charge on any atom is -0.491 e. The molecular formula is C19H18F2N2O3. The lowest BCUT2D eigenvalue weighted by Crippen LogP contribution is -2.58. The molecule has 136 valence electrons. The van der Waals surface area contributed by atoms with E-state index in [1.54, 1.807) is 0 Å². The molecule has 2 aromatic carbocycles. The molecule has 0 aliphatic carbocycles. The van der Waals surface area contributed by atoms with E-state index < -0.39 is 29.3 Å². The number of methoxy groups -OCH3 is 1. The Bertz CT molecular complexity index is 804. The summed E-state index contributed by atoms with van der Waals surface area (Å²) in [4.78, 5) is 26.5. The molecule has 2 aromatic rings. The van der Waals surface area contributed by atoms with Crippen LogP contribution in [0.3, 0.4) is 0 Å². The van der Waals surface area contributed by atoms with Crippen molar-refractivity contribution >= 4 is 11.8 Å². The monoisotopic (exact) mass is 360 g/mol. The van der Waals surface area contributed by atoms with Crippen LogP contribution in [-0.4, -0.2) is 43.0 Å². The molecule has 0 unspecified atom stereocenters. The van der Waals surface area contributed by atoms with Crippen molar-refractivity contribution in [2.24, 2.45) is 0 Å². The standard InChI is InChI=1S/C19H18F2N2O3/c1-26-17-14(20)10-13(11-15(17)21)19(25)23-8-7-22-18(24)16(23)9-12-5-3-2-4-6-12/h2-6,10-11,16H,7-9H2,1H3,(H,22,24)/t16-/m1/s1. The Morgan fingerprint density at radius 1 is 1.23 bits per heavy atom. The molecule has 0 spiro atoms. The van der Waals surface area contributed by atoms with Crippen LogP contribution in [0.5, 0.6) is 5.75 Å². The summed E-state index contributed by atoms with van der Waals surface area (Å²) in [5.74, 6) is -3.35. The minimum atomic E-state index is -0.961. The molecule has 1 aliphatic rings. The zero-order valence-corrected chi connectivity index (χ0v) is 14.2. The molecule has 1 aliphatic heterocycles. The first-order chi connectivity index (χ1) is 12.5. The van der Waals surface area contributed by atoms with Gasteiger partial charge in [-0.1, -0.05) is 30.3 Å². The highest BCUT2D eigenvalue weighted by Crippen LogP contribution is 2.24. The highest BCUT2D eigenvalue weighted by Gasteiger charge is 2.34. The topological polar surface area (TPSA) is 58.6 Å². The van der Waals surface area contributed by atoms with E-state index in [0.29, 0.717) is 6.42 Å². The summed E-state index contributed by atoms with van der Waals surface area (Å²) in [5.41, 5.74) is 0.730. The summed E-state index contributed by atoms with van der Waals surface area (Å²) < 4.78 is 32.5. The molecule has 7 heteroatoms. The fourth-order valence-electron chi connectivity index (χ4n) is 3.04. The van der Waals surface area contributed by atoms with E-state index in [1.165, 1.54) is 4.90 Å². The van der Waals surface area contributed by atoms with Crippen LogP contribution in [0.2, 0.25) is 0 Å². The molecule has 1 N–H and O–H groups in total. The van der Waals surface area contributed by atoms with Crippen LogP contribution >= 0.6 is 0 Å². The van der Waals surface area contributed by atoms with Crippen LogP contribution in [0.4, 0.5) is 8.78 Å². The van der Waals surface area contributed by atoms with Gasteiger partial charge >= 0.3 is 0 Å². The number of benzene rings is 2. The van der Waals surface area contributed by atoms with E-state index in [2.05, 4.69) is 10.1 Å². The zero-order chi connectivity index (χ0) is 18.7. The average Bonchev–Trinajstić information content (AvgIpc) is 2.63. The molecule has 1 heterocycles. The number of carbonyl (C=O) groups is 2. The number of hydrogen-bond acceptors (Lipinski definition) is 3. The SMILES string of the molecule is COc1c(F)cc(C(=O)N2CCNC(=O)[C@H]2Cc2ccccc2)cc1F. The molecule has 1 atom stereocenters. The highest BCUT2D eigenvalue weighted by molar-refractivity contribution is 5.98. The fourth-order valence-corrected chi connectivity index (χ4v) is 3.04. The van der Waals surface area contributed by atoms with Crippen molar-refractivity contribution in [2.75, 3.05) is 20.2 Å². The lowest BCUT2D eigenvalue weighted by atomic mass is 10.0. The number of halogens is 2. The summed E-state index contributed by atoms with van der Waals surface area (Å²) in [7, 11) is 1.15. The summed E-state index contributed by atoms with van der Waals surface area (Å²) in [6.45, 7) is 0.550. The first-order valence-corrected chi connectivity index (χ1v) is 8.17. The average molecular weight is 360 g/mol. The number of amides is 2. The molecule has 0 bridgehead atoms. The molecule has 0 radical (unpaired) electrons. The van der Waals surface area contributed by atoms with Crippen LogP contribution in [0.15, 0.2) is 42.5 Å². The van der Waals surface area contributed by atoms with Crippen LogP contribution in [0, 0.1) is 11.6 Å². The van der Waals surface area contributed by atoms with E-state index in [0.717, 1.165) is 24.8 Å². The first kappa shape index (κ1) is 17.8. The molecule has 0 saturated carbocycles. The number of nitrogens with zero attached hydrogens (tertiary/aromatic N) is 1. The molecule has 0 aromatic heterocycles. The van der Waals surface area contributed by atoms with Gasteiger partial charge in [-0.2, -0.15) is 0 Å². The van der Waals surface area contributed by atoms with Gasteiger partial charge in [0.1, 0.15) is 6.04 Å². The summed E-state index contributed by atoms with van der Waals surface area (Å²) in [6, 6.07) is 10.4. The third-order valence-corrected chi connectivity index (χ3v) is 4.31. The Kier molecular flexibility index (Phi) is 5.16. The second-order valence-corrected chi connectivity index (χ2v) is 5.97. The van der Waals surface area contributed by atoms with Crippen LogP contribution < -0.4 is 10.1 Å². The van der Waals surface area contributed by atoms with Crippen LogP contribution in [0.1, 0.15) is 15.9 Å². The quantitative estimate of drug-likeness (QED) is 0.909. The van der Waals surface area contributed by atoms with Gasteiger partial charge < -0.3 is 15.0 Å². The zero-order valence-electron chi connectivity index (χ0n) is 14.2. The Hall–Kier alpha value is -2.96. The Morgan fingerprint density at radius 2 is 1.88 bits per heavy atom. The van der Waals surface area contributed by atoms with E-state index >= 15 is 0 Å². The smallest absolute Gasteiger partial charge is 0.254 e. The van der Waals surface area contributed by atoms with Gasteiger partial charge in [0.15, 0.2) is 17.4 Å². The second-order valence-electron chi connectivity index (χ2n) is 5.97. The first-order valence-electron chi connectivity index (χ1n) is 8.17. The van der Waals surface area contributed by atoms with Crippen molar-refractivity contribution in [3.63, 3.8) is 0 Å². The predicted octanol–water partition coefficient (Wildman–Crippen LogP) is 2.16. The van der Waals surface area contributed by atoms with Gasteiger partial charge in [-0.3, -0.25) is 9.59 Å². The predicted molar refractivity (Wildman–Crippen MR) is 90.9 cm³/mol. The van der Waals surface area contributed by atoms with E-state index in [9.17, 15) is 18.4 Å². The molecule has 3 rings (SSSR count). The van der Waals surface area contributed by atoms with Gasteiger partial charge in [0.25, 0.3) is 5.91 Å².